The van der Waals surface area contributed by atoms with Gasteiger partial charge < -0.3 is 9.80 Å². The molecule has 0 radical (unpaired) electrons. The summed E-state index contributed by atoms with van der Waals surface area (Å²) in [4.78, 5) is 43.7. The number of piperazine rings is 1. The van der Waals surface area contributed by atoms with E-state index in [-0.39, 0.29) is 29.4 Å². The maximum Gasteiger partial charge on any atom is 0.293 e. The largest absolute Gasteiger partial charge is 0.368 e. The molecule has 3 aromatic carbocycles. The number of imide groups is 1. The Morgan fingerprint density at radius 2 is 1.53 bits per heavy atom. The number of carbonyl (C=O) groups is 3. The summed E-state index contributed by atoms with van der Waals surface area (Å²) in [5.74, 6) is -0.629. The summed E-state index contributed by atoms with van der Waals surface area (Å²) in [6.07, 6.45) is 1.69. The third kappa shape index (κ3) is 5.18. The van der Waals surface area contributed by atoms with E-state index in [9.17, 15) is 18.8 Å². The Labute approximate surface area is 213 Å². The van der Waals surface area contributed by atoms with Gasteiger partial charge in [-0.25, -0.2) is 4.39 Å². The molecule has 5 rings (SSSR count). The first-order chi connectivity index (χ1) is 17.5. The number of nitrogens with zero attached hydrogens (tertiary/aromatic N) is 3. The first-order valence-electron chi connectivity index (χ1n) is 11.7. The van der Waals surface area contributed by atoms with Crippen molar-refractivity contribution in [1.29, 1.82) is 0 Å². The molecule has 0 aliphatic carbocycles. The Hall–Kier alpha value is -3.91. The molecule has 182 valence electrons. The molecule has 2 aliphatic heterocycles. The summed E-state index contributed by atoms with van der Waals surface area (Å²) in [5.41, 5.74) is 3.15. The van der Waals surface area contributed by atoms with Crippen molar-refractivity contribution < 1.29 is 18.8 Å². The molecule has 2 saturated heterocycles. The number of carbonyl (C=O) groups excluding carboxylic acids is 3. The standard InChI is InChI=1S/C28H24FN3O3S/c29-23-10-12-24(13-11-23)30-14-16-31(17-15-30)26(33)22-8-6-20(7-9-22)18-25-27(34)32(28(35)36-25)19-21-4-2-1-3-5-21/h1-13,18H,14-17,19H2. The normalized spacial score (nSPS) is 17.2. The number of hydrogen-bond donors (Lipinski definition) is 0. The van der Waals surface area contributed by atoms with Gasteiger partial charge in [0.1, 0.15) is 5.82 Å². The SMILES string of the molecule is O=C(c1ccc(C=C2SC(=O)N(Cc3ccccc3)C2=O)cc1)N1CCN(c2ccc(F)cc2)CC1. The third-order valence-electron chi connectivity index (χ3n) is 6.27. The van der Waals surface area contributed by atoms with Crippen LogP contribution in [0.5, 0.6) is 0 Å². The summed E-state index contributed by atoms with van der Waals surface area (Å²) >= 11 is 0.926. The summed E-state index contributed by atoms with van der Waals surface area (Å²) in [6.45, 7) is 2.74. The van der Waals surface area contributed by atoms with Gasteiger partial charge in [0, 0.05) is 37.4 Å². The van der Waals surface area contributed by atoms with Crippen LogP contribution in [0.3, 0.4) is 0 Å². The first kappa shape index (κ1) is 23.8. The molecule has 8 heteroatoms. The molecule has 0 spiro atoms. The van der Waals surface area contributed by atoms with Gasteiger partial charge in [-0.2, -0.15) is 0 Å². The average Bonchev–Trinajstić information content (AvgIpc) is 3.17. The molecule has 3 aromatic rings. The average molecular weight is 502 g/mol. The molecule has 2 fully saturated rings. The van der Waals surface area contributed by atoms with Crippen LogP contribution in [0.25, 0.3) is 6.08 Å². The van der Waals surface area contributed by atoms with Crippen molar-refractivity contribution in [3.05, 3.63) is 106 Å². The lowest BCUT2D eigenvalue weighted by Crippen LogP contribution is -2.48. The highest BCUT2D eigenvalue weighted by atomic mass is 32.2. The second-order valence-electron chi connectivity index (χ2n) is 8.63. The second-order valence-corrected chi connectivity index (χ2v) is 9.62. The maximum absolute atomic E-state index is 13.2. The van der Waals surface area contributed by atoms with Crippen LogP contribution in [0.4, 0.5) is 14.9 Å². The van der Waals surface area contributed by atoms with Crippen molar-refractivity contribution in [3.8, 4) is 0 Å². The number of amides is 3. The molecular weight excluding hydrogens is 477 g/mol. The summed E-state index contributed by atoms with van der Waals surface area (Å²) in [6, 6.07) is 22.8. The van der Waals surface area contributed by atoms with E-state index in [1.807, 2.05) is 35.2 Å². The van der Waals surface area contributed by atoms with Gasteiger partial charge in [-0.3, -0.25) is 19.3 Å². The predicted molar refractivity (Wildman–Crippen MR) is 139 cm³/mol. The van der Waals surface area contributed by atoms with E-state index in [0.29, 0.717) is 36.6 Å². The van der Waals surface area contributed by atoms with Crippen molar-refractivity contribution in [3.63, 3.8) is 0 Å². The number of benzene rings is 3. The summed E-state index contributed by atoms with van der Waals surface area (Å²) in [7, 11) is 0. The molecule has 6 nitrogen and oxygen atoms in total. The minimum absolute atomic E-state index is 0.0523. The Morgan fingerprint density at radius 3 is 2.19 bits per heavy atom. The number of rotatable bonds is 5. The van der Waals surface area contributed by atoms with Crippen LogP contribution in [-0.4, -0.2) is 53.0 Å². The molecule has 2 aliphatic rings. The smallest absolute Gasteiger partial charge is 0.293 e. The number of anilines is 1. The van der Waals surface area contributed by atoms with Crippen molar-refractivity contribution in [1.82, 2.24) is 9.80 Å². The van der Waals surface area contributed by atoms with Crippen LogP contribution >= 0.6 is 11.8 Å². The monoisotopic (exact) mass is 501 g/mol. The van der Waals surface area contributed by atoms with E-state index in [1.54, 1.807) is 42.5 Å². The number of thioether (sulfide) groups is 1. The van der Waals surface area contributed by atoms with Crippen molar-refractivity contribution in [2.45, 2.75) is 6.54 Å². The summed E-state index contributed by atoms with van der Waals surface area (Å²) < 4.78 is 13.2. The van der Waals surface area contributed by atoms with E-state index in [2.05, 4.69) is 4.90 Å². The molecule has 0 bridgehead atoms. The minimum Gasteiger partial charge on any atom is -0.368 e. The third-order valence-corrected chi connectivity index (χ3v) is 7.18. The fraction of sp³-hybridized carbons (Fsp3) is 0.179. The zero-order chi connectivity index (χ0) is 25.1. The van der Waals surface area contributed by atoms with Gasteiger partial charge in [0.05, 0.1) is 11.4 Å². The Balaban J connectivity index is 1.20. The number of hydrogen-bond acceptors (Lipinski definition) is 5. The highest BCUT2D eigenvalue weighted by Crippen LogP contribution is 2.33. The fourth-order valence-electron chi connectivity index (χ4n) is 4.28. The summed E-state index contributed by atoms with van der Waals surface area (Å²) in [5, 5.41) is -0.290. The fourth-order valence-corrected chi connectivity index (χ4v) is 5.12. The molecular formula is C28H24FN3O3S. The molecule has 0 saturated carbocycles. The highest BCUT2D eigenvalue weighted by molar-refractivity contribution is 8.18. The zero-order valence-corrected chi connectivity index (χ0v) is 20.3. The van der Waals surface area contributed by atoms with Crippen LogP contribution < -0.4 is 4.90 Å². The highest BCUT2D eigenvalue weighted by Gasteiger charge is 2.35. The van der Waals surface area contributed by atoms with Gasteiger partial charge in [-0.05, 0) is 65.4 Å². The molecule has 0 aromatic heterocycles. The number of halogens is 1. The predicted octanol–water partition coefficient (Wildman–Crippen LogP) is 5.02. The van der Waals surface area contributed by atoms with Crippen LogP contribution in [-0.2, 0) is 11.3 Å². The lowest BCUT2D eigenvalue weighted by Gasteiger charge is -2.36. The van der Waals surface area contributed by atoms with Gasteiger partial charge in [-0.1, -0.05) is 42.5 Å². The van der Waals surface area contributed by atoms with Crippen molar-refractivity contribution >= 4 is 40.6 Å². The van der Waals surface area contributed by atoms with E-state index in [4.69, 9.17) is 0 Å². The zero-order valence-electron chi connectivity index (χ0n) is 19.5. The van der Waals surface area contributed by atoms with Crippen molar-refractivity contribution in [2.24, 2.45) is 0 Å². The van der Waals surface area contributed by atoms with Crippen LogP contribution in [0.2, 0.25) is 0 Å². The molecule has 0 atom stereocenters. The lowest BCUT2D eigenvalue weighted by atomic mass is 10.1. The van der Waals surface area contributed by atoms with E-state index in [1.165, 1.54) is 17.0 Å². The Kier molecular flexibility index (Phi) is 6.86. The van der Waals surface area contributed by atoms with Gasteiger partial charge >= 0.3 is 0 Å². The molecule has 3 amide bonds. The van der Waals surface area contributed by atoms with Crippen LogP contribution in [0, 0.1) is 5.82 Å². The van der Waals surface area contributed by atoms with Gasteiger partial charge in [0.15, 0.2) is 0 Å². The van der Waals surface area contributed by atoms with Gasteiger partial charge in [0.2, 0.25) is 0 Å². The molecule has 0 unspecified atom stereocenters. The van der Waals surface area contributed by atoms with Crippen molar-refractivity contribution in [2.75, 3.05) is 31.1 Å². The van der Waals surface area contributed by atoms with Gasteiger partial charge in [-0.15, -0.1) is 0 Å². The first-order valence-corrected chi connectivity index (χ1v) is 12.5. The molecule has 36 heavy (non-hydrogen) atoms. The Bertz CT molecular complexity index is 1300. The van der Waals surface area contributed by atoms with Gasteiger partial charge in [0.25, 0.3) is 17.1 Å². The quantitative estimate of drug-likeness (QED) is 0.459. The molecule has 0 N–H and O–H groups in total. The maximum atomic E-state index is 13.2. The lowest BCUT2D eigenvalue weighted by molar-refractivity contribution is -0.123. The van der Waals surface area contributed by atoms with E-state index >= 15 is 0 Å². The van der Waals surface area contributed by atoms with E-state index in [0.717, 1.165) is 28.6 Å². The Morgan fingerprint density at radius 1 is 0.861 bits per heavy atom. The topological polar surface area (TPSA) is 60.9 Å². The minimum atomic E-state index is -0.312. The van der Waals surface area contributed by atoms with E-state index < -0.39 is 0 Å². The van der Waals surface area contributed by atoms with Crippen LogP contribution in [0.1, 0.15) is 21.5 Å². The second kappa shape index (κ2) is 10.4. The van der Waals surface area contributed by atoms with Crippen LogP contribution in [0.15, 0.2) is 83.8 Å². The molecule has 2 heterocycles.